The summed E-state index contributed by atoms with van der Waals surface area (Å²) in [6, 6.07) is 13.0. The molecule has 0 aliphatic carbocycles. The zero-order chi connectivity index (χ0) is 19.1. The van der Waals surface area contributed by atoms with Gasteiger partial charge in [0, 0.05) is 29.6 Å². The van der Waals surface area contributed by atoms with Crippen LogP contribution in [0.4, 0.5) is 11.4 Å². The Bertz CT molecular complexity index is 832. The second kappa shape index (κ2) is 8.43. The molecule has 0 aliphatic rings. The van der Waals surface area contributed by atoms with E-state index in [9.17, 15) is 24.8 Å². The number of benzene rings is 2. The molecule has 0 fully saturated rings. The first-order chi connectivity index (χ1) is 12.4. The highest BCUT2D eigenvalue weighted by atomic mass is 16.6. The topological polar surface area (TPSA) is 122 Å². The molecule has 1 atom stereocenters. The number of carboxylic acid groups (broad SMARTS) is 1. The van der Waals surface area contributed by atoms with Crippen molar-refractivity contribution in [3.05, 3.63) is 82.0 Å². The smallest absolute Gasteiger partial charge is 0.330 e. The Morgan fingerprint density at radius 1 is 1.12 bits per heavy atom. The van der Waals surface area contributed by atoms with E-state index in [1.54, 1.807) is 37.3 Å². The van der Waals surface area contributed by atoms with E-state index in [4.69, 9.17) is 0 Å². The molecule has 0 heterocycles. The summed E-state index contributed by atoms with van der Waals surface area (Å²) >= 11 is 0. The molecule has 0 saturated carbocycles. The Hall–Kier alpha value is -3.68. The van der Waals surface area contributed by atoms with Crippen LogP contribution in [0.5, 0.6) is 0 Å². The van der Waals surface area contributed by atoms with Gasteiger partial charge >= 0.3 is 5.97 Å². The number of anilines is 1. The monoisotopic (exact) mass is 355 g/mol. The molecule has 2 aromatic rings. The van der Waals surface area contributed by atoms with Crippen molar-refractivity contribution in [1.82, 2.24) is 5.32 Å². The van der Waals surface area contributed by atoms with E-state index in [0.717, 1.165) is 0 Å². The number of rotatable bonds is 7. The fraction of sp³-hybridized carbons (Fsp3) is 0.111. The van der Waals surface area contributed by atoms with Gasteiger partial charge in [0.25, 0.3) is 5.69 Å². The van der Waals surface area contributed by atoms with Gasteiger partial charge in [-0.3, -0.25) is 14.9 Å². The number of hydrogen-bond acceptors (Lipinski definition) is 5. The maximum atomic E-state index is 12.0. The van der Waals surface area contributed by atoms with Gasteiger partial charge in [0.1, 0.15) is 6.04 Å². The third-order valence-electron chi connectivity index (χ3n) is 3.45. The number of nitrogens with one attached hydrogen (secondary N) is 2. The molecule has 2 rings (SSSR count). The van der Waals surface area contributed by atoms with Crippen LogP contribution in [-0.4, -0.2) is 21.9 Å². The van der Waals surface area contributed by atoms with Crippen LogP contribution in [0.1, 0.15) is 18.5 Å². The first-order valence-corrected chi connectivity index (χ1v) is 7.65. The van der Waals surface area contributed by atoms with Gasteiger partial charge in [0.15, 0.2) is 0 Å². The van der Waals surface area contributed by atoms with Gasteiger partial charge in [-0.15, -0.1) is 0 Å². The van der Waals surface area contributed by atoms with Gasteiger partial charge in [-0.25, -0.2) is 4.79 Å². The lowest BCUT2D eigenvalue weighted by Gasteiger charge is -2.16. The largest absolute Gasteiger partial charge is 0.479 e. The predicted molar refractivity (Wildman–Crippen MR) is 95.4 cm³/mol. The van der Waals surface area contributed by atoms with Crippen LogP contribution in [-0.2, 0) is 9.59 Å². The number of carboxylic acids is 1. The Balaban J connectivity index is 2.04. The van der Waals surface area contributed by atoms with E-state index in [0.29, 0.717) is 16.9 Å². The SMILES string of the molecule is CC(=CC(=O)Nc1ccc([N+](=O)[O-])cc1)N[C@H](C(=O)O)c1ccccc1. The molecule has 0 radical (unpaired) electrons. The summed E-state index contributed by atoms with van der Waals surface area (Å²) in [7, 11) is 0. The zero-order valence-electron chi connectivity index (χ0n) is 13.9. The zero-order valence-corrected chi connectivity index (χ0v) is 13.9. The van der Waals surface area contributed by atoms with Crippen LogP contribution in [0.15, 0.2) is 66.4 Å². The lowest BCUT2D eigenvalue weighted by atomic mass is 10.1. The number of nitro groups is 1. The molecule has 3 N–H and O–H groups in total. The molecule has 0 bridgehead atoms. The molecule has 8 nitrogen and oxygen atoms in total. The second-order valence-electron chi connectivity index (χ2n) is 5.45. The number of amides is 1. The average Bonchev–Trinajstić information content (AvgIpc) is 2.60. The van der Waals surface area contributed by atoms with Crippen molar-refractivity contribution in [2.75, 3.05) is 5.32 Å². The third-order valence-corrected chi connectivity index (χ3v) is 3.45. The number of carbonyl (C=O) groups is 2. The number of non-ortho nitro benzene ring substituents is 1. The minimum Gasteiger partial charge on any atom is -0.479 e. The highest BCUT2D eigenvalue weighted by molar-refractivity contribution is 5.99. The van der Waals surface area contributed by atoms with Gasteiger partial charge in [-0.2, -0.15) is 0 Å². The highest BCUT2D eigenvalue weighted by Gasteiger charge is 2.19. The summed E-state index contributed by atoms with van der Waals surface area (Å²) in [4.78, 5) is 33.5. The number of nitrogens with zero attached hydrogens (tertiary/aromatic N) is 1. The minimum atomic E-state index is -1.07. The van der Waals surface area contributed by atoms with Crippen molar-refractivity contribution in [3.8, 4) is 0 Å². The van der Waals surface area contributed by atoms with Gasteiger partial charge in [0.2, 0.25) is 5.91 Å². The van der Waals surface area contributed by atoms with Crippen LogP contribution in [0.3, 0.4) is 0 Å². The predicted octanol–water partition coefficient (Wildman–Crippen LogP) is 2.85. The summed E-state index contributed by atoms with van der Waals surface area (Å²) in [6.45, 7) is 1.58. The molecule has 0 spiro atoms. The summed E-state index contributed by atoms with van der Waals surface area (Å²) in [6.07, 6.45) is 1.22. The molecule has 0 aliphatic heterocycles. The molecule has 0 aromatic heterocycles. The maximum Gasteiger partial charge on any atom is 0.330 e. The summed E-state index contributed by atoms with van der Waals surface area (Å²) < 4.78 is 0. The van der Waals surface area contributed by atoms with Gasteiger partial charge in [-0.1, -0.05) is 30.3 Å². The number of allylic oxidation sites excluding steroid dienone is 1. The van der Waals surface area contributed by atoms with Gasteiger partial charge < -0.3 is 15.7 Å². The van der Waals surface area contributed by atoms with Crippen molar-refractivity contribution < 1.29 is 19.6 Å². The molecule has 26 heavy (non-hydrogen) atoms. The van der Waals surface area contributed by atoms with Gasteiger partial charge in [0.05, 0.1) is 4.92 Å². The molecule has 0 saturated heterocycles. The third kappa shape index (κ3) is 5.17. The molecule has 8 heteroatoms. The molecular formula is C18H17N3O5. The quantitative estimate of drug-likeness (QED) is 0.399. The first kappa shape index (κ1) is 18.7. The normalized spacial score (nSPS) is 12.1. The Labute approximate surface area is 149 Å². The maximum absolute atomic E-state index is 12.0. The molecular weight excluding hydrogens is 338 g/mol. The van der Waals surface area contributed by atoms with Crippen molar-refractivity contribution in [2.45, 2.75) is 13.0 Å². The van der Waals surface area contributed by atoms with E-state index >= 15 is 0 Å². The van der Waals surface area contributed by atoms with Gasteiger partial charge in [-0.05, 0) is 24.6 Å². The summed E-state index contributed by atoms with van der Waals surface area (Å²) in [5, 5.41) is 25.3. The van der Waals surface area contributed by atoms with Crippen molar-refractivity contribution >= 4 is 23.3 Å². The number of aliphatic carboxylic acids is 1. The van der Waals surface area contributed by atoms with Crippen molar-refractivity contribution in [1.29, 1.82) is 0 Å². The lowest BCUT2D eigenvalue weighted by molar-refractivity contribution is -0.384. The molecule has 0 unspecified atom stereocenters. The molecule has 2 aromatic carbocycles. The Morgan fingerprint density at radius 3 is 2.27 bits per heavy atom. The van der Waals surface area contributed by atoms with Crippen LogP contribution < -0.4 is 10.6 Å². The number of carbonyl (C=O) groups excluding carboxylic acids is 1. The summed E-state index contributed by atoms with van der Waals surface area (Å²) in [5.74, 6) is -1.55. The molecule has 134 valence electrons. The Kier molecular flexibility index (Phi) is 6.05. The standard InChI is InChI=1S/C18H17N3O5/c1-12(19-17(18(23)24)13-5-3-2-4-6-13)11-16(22)20-14-7-9-15(10-8-14)21(25)26/h2-11,17,19H,1H3,(H,20,22)(H,23,24)/t17-/m0/s1. The second-order valence-corrected chi connectivity index (χ2v) is 5.45. The summed E-state index contributed by atoms with van der Waals surface area (Å²) in [5.41, 5.74) is 1.23. The van der Waals surface area contributed by atoms with E-state index in [1.165, 1.54) is 30.3 Å². The van der Waals surface area contributed by atoms with E-state index in [1.807, 2.05) is 0 Å². The number of hydrogen-bond donors (Lipinski definition) is 3. The van der Waals surface area contributed by atoms with Crippen LogP contribution in [0.25, 0.3) is 0 Å². The fourth-order valence-electron chi connectivity index (χ4n) is 2.24. The first-order valence-electron chi connectivity index (χ1n) is 7.65. The average molecular weight is 355 g/mol. The van der Waals surface area contributed by atoms with Crippen molar-refractivity contribution in [2.24, 2.45) is 0 Å². The van der Waals surface area contributed by atoms with E-state index < -0.39 is 22.8 Å². The van der Waals surface area contributed by atoms with Crippen molar-refractivity contribution in [3.63, 3.8) is 0 Å². The van der Waals surface area contributed by atoms with Crippen LogP contribution >= 0.6 is 0 Å². The van der Waals surface area contributed by atoms with Crippen LogP contribution in [0.2, 0.25) is 0 Å². The van der Waals surface area contributed by atoms with E-state index in [2.05, 4.69) is 10.6 Å². The highest BCUT2D eigenvalue weighted by Crippen LogP contribution is 2.16. The number of nitro benzene ring substituents is 1. The lowest BCUT2D eigenvalue weighted by Crippen LogP contribution is -2.27. The fourth-order valence-corrected chi connectivity index (χ4v) is 2.24. The minimum absolute atomic E-state index is 0.0800. The molecule has 1 amide bonds. The van der Waals surface area contributed by atoms with E-state index in [-0.39, 0.29) is 5.69 Å². The van der Waals surface area contributed by atoms with Crippen LogP contribution in [0, 0.1) is 10.1 Å². The Morgan fingerprint density at radius 2 is 1.73 bits per heavy atom.